The SMILES string of the molecule is CCN(Cc1cc(=O)c(O)co1)CC(C)C(=O)OC. The maximum Gasteiger partial charge on any atom is 0.309 e. The van der Waals surface area contributed by atoms with Crippen molar-refractivity contribution in [2.75, 3.05) is 20.2 Å². The standard InChI is InChI=1S/C13H19NO5/c1-4-14(6-9(2)13(17)18-3)7-10-5-11(15)12(16)8-19-10/h5,8-9,16H,4,6-7H2,1-3H3. The van der Waals surface area contributed by atoms with Gasteiger partial charge in [0.2, 0.25) is 5.43 Å². The lowest BCUT2D eigenvalue weighted by atomic mass is 10.1. The van der Waals surface area contributed by atoms with Gasteiger partial charge in [-0.25, -0.2) is 0 Å². The molecule has 1 unspecified atom stereocenters. The van der Waals surface area contributed by atoms with Gasteiger partial charge in [0.05, 0.1) is 19.6 Å². The minimum atomic E-state index is -0.474. The Kier molecular flexibility index (Phi) is 5.57. The lowest BCUT2D eigenvalue weighted by Crippen LogP contribution is -2.32. The maximum atomic E-state index is 11.4. The van der Waals surface area contributed by atoms with Crippen LogP contribution in [-0.2, 0) is 16.1 Å². The summed E-state index contributed by atoms with van der Waals surface area (Å²) in [5, 5.41) is 9.10. The van der Waals surface area contributed by atoms with Crippen LogP contribution in [-0.4, -0.2) is 36.2 Å². The lowest BCUT2D eigenvalue weighted by molar-refractivity contribution is -0.145. The Bertz CT molecular complexity index is 482. The molecule has 0 aromatic carbocycles. The highest BCUT2D eigenvalue weighted by Crippen LogP contribution is 2.09. The molecule has 0 radical (unpaired) electrons. The minimum Gasteiger partial charge on any atom is -0.502 e. The molecular formula is C13H19NO5. The first kappa shape index (κ1) is 15.2. The third-order valence-electron chi connectivity index (χ3n) is 2.83. The van der Waals surface area contributed by atoms with Gasteiger partial charge in [-0.05, 0) is 6.54 Å². The first-order chi connectivity index (χ1) is 8.97. The second-order valence-corrected chi connectivity index (χ2v) is 4.35. The largest absolute Gasteiger partial charge is 0.502 e. The van der Waals surface area contributed by atoms with Gasteiger partial charge in [0.25, 0.3) is 0 Å². The number of ether oxygens (including phenoxy) is 1. The van der Waals surface area contributed by atoms with Crippen LogP contribution in [0.2, 0.25) is 0 Å². The summed E-state index contributed by atoms with van der Waals surface area (Å²) < 4.78 is 9.80. The molecule has 0 saturated carbocycles. The van der Waals surface area contributed by atoms with Crippen molar-refractivity contribution < 1.29 is 19.1 Å². The fourth-order valence-electron chi connectivity index (χ4n) is 1.72. The zero-order chi connectivity index (χ0) is 14.4. The molecule has 6 nitrogen and oxygen atoms in total. The summed E-state index contributed by atoms with van der Waals surface area (Å²) in [7, 11) is 1.36. The Balaban J connectivity index is 2.68. The van der Waals surface area contributed by atoms with Crippen LogP contribution in [0.25, 0.3) is 0 Å². The van der Waals surface area contributed by atoms with Crippen molar-refractivity contribution in [3.8, 4) is 5.75 Å². The second-order valence-electron chi connectivity index (χ2n) is 4.35. The normalized spacial score (nSPS) is 12.4. The van der Waals surface area contributed by atoms with Crippen LogP contribution in [0.1, 0.15) is 19.6 Å². The molecule has 1 rings (SSSR count). The average Bonchev–Trinajstić information content (AvgIpc) is 2.40. The second kappa shape index (κ2) is 6.94. The highest BCUT2D eigenvalue weighted by Gasteiger charge is 2.17. The molecule has 0 aliphatic carbocycles. The van der Waals surface area contributed by atoms with E-state index in [9.17, 15) is 9.59 Å². The molecule has 0 bridgehead atoms. The van der Waals surface area contributed by atoms with Gasteiger partial charge >= 0.3 is 5.97 Å². The van der Waals surface area contributed by atoms with Crippen LogP contribution < -0.4 is 5.43 Å². The first-order valence-electron chi connectivity index (χ1n) is 6.08. The molecule has 0 spiro atoms. The van der Waals surface area contributed by atoms with Crippen molar-refractivity contribution >= 4 is 5.97 Å². The summed E-state index contributed by atoms with van der Waals surface area (Å²) in [4.78, 5) is 24.6. The Labute approximate surface area is 111 Å². The summed E-state index contributed by atoms with van der Waals surface area (Å²) in [6.07, 6.45) is 1.02. The van der Waals surface area contributed by atoms with Crippen LogP contribution in [0.5, 0.6) is 5.75 Å². The molecule has 1 heterocycles. The monoisotopic (exact) mass is 269 g/mol. The fraction of sp³-hybridized carbons (Fsp3) is 0.538. The van der Waals surface area contributed by atoms with E-state index < -0.39 is 11.2 Å². The number of hydrogen-bond acceptors (Lipinski definition) is 6. The summed E-state index contributed by atoms with van der Waals surface area (Å²) >= 11 is 0. The molecule has 106 valence electrons. The van der Waals surface area contributed by atoms with Crippen molar-refractivity contribution in [1.82, 2.24) is 4.90 Å². The summed E-state index contributed by atoms with van der Waals surface area (Å²) in [6, 6.07) is 1.25. The highest BCUT2D eigenvalue weighted by molar-refractivity contribution is 5.72. The van der Waals surface area contributed by atoms with E-state index in [1.165, 1.54) is 13.2 Å². The van der Waals surface area contributed by atoms with E-state index >= 15 is 0 Å². The van der Waals surface area contributed by atoms with Crippen LogP contribution in [0.15, 0.2) is 21.5 Å². The molecule has 1 atom stereocenters. The van der Waals surface area contributed by atoms with Crippen molar-refractivity contribution in [2.24, 2.45) is 5.92 Å². The summed E-state index contributed by atoms with van der Waals surface area (Å²) in [5.41, 5.74) is -0.474. The number of hydrogen-bond donors (Lipinski definition) is 1. The van der Waals surface area contributed by atoms with E-state index in [1.807, 2.05) is 11.8 Å². The number of carbonyl (C=O) groups excluding carboxylic acids is 1. The van der Waals surface area contributed by atoms with Gasteiger partial charge in [-0.1, -0.05) is 13.8 Å². The summed E-state index contributed by atoms with van der Waals surface area (Å²) in [5.74, 6) is -0.490. The molecular weight excluding hydrogens is 250 g/mol. The number of esters is 1. The van der Waals surface area contributed by atoms with E-state index in [1.54, 1.807) is 6.92 Å². The van der Waals surface area contributed by atoms with Crippen molar-refractivity contribution in [3.63, 3.8) is 0 Å². The number of methoxy groups -OCH3 is 1. The molecule has 0 fully saturated rings. The Morgan fingerprint density at radius 3 is 2.79 bits per heavy atom. The fourth-order valence-corrected chi connectivity index (χ4v) is 1.72. The van der Waals surface area contributed by atoms with E-state index in [0.29, 0.717) is 25.4 Å². The van der Waals surface area contributed by atoms with Crippen molar-refractivity contribution in [1.29, 1.82) is 0 Å². The van der Waals surface area contributed by atoms with Gasteiger partial charge in [0.15, 0.2) is 5.75 Å². The highest BCUT2D eigenvalue weighted by atomic mass is 16.5. The molecule has 0 saturated heterocycles. The molecule has 0 aliphatic rings. The Hall–Kier alpha value is -1.82. The van der Waals surface area contributed by atoms with Gasteiger partial charge in [-0.15, -0.1) is 0 Å². The van der Waals surface area contributed by atoms with Gasteiger partial charge in [0, 0.05) is 12.6 Å². The van der Waals surface area contributed by atoms with Crippen LogP contribution in [0.3, 0.4) is 0 Å². The lowest BCUT2D eigenvalue weighted by Gasteiger charge is -2.22. The smallest absolute Gasteiger partial charge is 0.309 e. The number of carbonyl (C=O) groups is 1. The van der Waals surface area contributed by atoms with Crippen LogP contribution in [0.4, 0.5) is 0 Å². The molecule has 6 heteroatoms. The Morgan fingerprint density at radius 1 is 1.58 bits per heavy atom. The number of rotatable bonds is 6. The van der Waals surface area contributed by atoms with E-state index in [0.717, 1.165) is 6.26 Å². The van der Waals surface area contributed by atoms with E-state index in [2.05, 4.69) is 4.74 Å². The quantitative estimate of drug-likeness (QED) is 0.775. The summed E-state index contributed by atoms with van der Waals surface area (Å²) in [6.45, 7) is 5.33. The van der Waals surface area contributed by atoms with Crippen LogP contribution >= 0.6 is 0 Å². The maximum absolute atomic E-state index is 11.4. The van der Waals surface area contributed by atoms with Crippen LogP contribution in [0, 0.1) is 5.92 Å². The third kappa shape index (κ3) is 4.40. The molecule has 1 N–H and O–H groups in total. The minimum absolute atomic E-state index is 0.256. The van der Waals surface area contributed by atoms with Gasteiger partial charge in [-0.3, -0.25) is 14.5 Å². The predicted molar refractivity (Wildman–Crippen MR) is 68.8 cm³/mol. The zero-order valence-electron chi connectivity index (χ0n) is 11.4. The first-order valence-corrected chi connectivity index (χ1v) is 6.08. The van der Waals surface area contributed by atoms with Crippen molar-refractivity contribution in [3.05, 3.63) is 28.3 Å². The van der Waals surface area contributed by atoms with Gasteiger partial charge in [0.1, 0.15) is 12.0 Å². The average molecular weight is 269 g/mol. The number of aromatic hydroxyl groups is 1. The molecule has 0 amide bonds. The zero-order valence-corrected chi connectivity index (χ0v) is 11.4. The topological polar surface area (TPSA) is 80.0 Å². The third-order valence-corrected chi connectivity index (χ3v) is 2.83. The van der Waals surface area contributed by atoms with Gasteiger partial charge in [-0.2, -0.15) is 0 Å². The molecule has 19 heavy (non-hydrogen) atoms. The number of nitrogens with zero attached hydrogens (tertiary/aromatic N) is 1. The van der Waals surface area contributed by atoms with E-state index in [-0.39, 0.29) is 11.9 Å². The molecule has 1 aromatic heterocycles. The van der Waals surface area contributed by atoms with Crippen molar-refractivity contribution in [2.45, 2.75) is 20.4 Å². The van der Waals surface area contributed by atoms with E-state index in [4.69, 9.17) is 9.52 Å². The Morgan fingerprint density at radius 2 is 2.26 bits per heavy atom. The van der Waals surface area contributed by atoms with Gasteiger partial charge < -0.3 is 14.3 Å². The molecule has 1 aromatic rings. The molecule has 0 aliphatic heterocycles. The predicted octanol–water partition coefficient (Wildman–Crippen LogP) is 0.976.